The van der Waals surface area contributed by atoms with Crippen molar-refractivity contribution in [3.63, 3.8) is 0 Å². The predicted molar refractivity (Wildman–Crippen MR) is 88.4 cm³/mol. The minimum atomic E-state index is -2.74. The Labute approximate surface area is 150 Å². The number of H-pyrrole nitrogens is 1. The molecule has 0 spiro atoms. The molecule has 13 heteroatoms. The molecule has 2 heterocycles. The molecule has 0 aliphatic rings. The lowest BCUT2D eigenvalue weighted by Crippen LogP contribution is -2.42. The van der Waals surface area contributed by atoms with Gasteiger partial charge in [-0.25, -0.2) is 14.6 Å². The van der Waals surface area contributed by atoms with E-state index >= 15 is 0 Å². The summed E-state index contributed by atoms with van der Waals surface area (Å²) >= 11 is 0. The van der Waals surface area contributed by atoms with E-state index < -0.39 is 42.0 Å². The predicted octanol–water partition coefficient (Wildman–Crippen LogP) is -1.81. The first-order chi connectivity index (χ1) is 12.4. The molecule has 0 aliphatic heterocycles. The molecule has 148 valence electrons. The molecule has 13 nitrogen and oxygen atoms in total. The maximum atomic E-state index is 11.5. The van der Waals surface area contributed by atoms with Crippen LogP contribution in [0.3, 0.4) is 0 Å². The molecule has 0 radical (unpaired) electrons. The Hall–Kier alpha value is -3.48. The maximum absolute atomic E-state index is 11.5. The zero-order valence-electron chi connectivity index (χ0n) is 14.4. The van der Waals surface area contributed by atoms with Gasteiger partial charge in [0.2, 0.25) is 0 Å². The van der Waals surface area contributed by atoms with Gasteiger partial charge in [0, 0.05) is 13.6 Å². The highest BCUT2D eigenvalue weighted by molar-refractivity contribution is 5.88. The van der Waals surface area contributed by atoms with Crippen LogP contribution in [0.15, 0.2) is 15.9 Å². The molecule has 0 saturated heterocycles. The number of carboxylic acids is 3. The Morgan fingerprint density at radius 2 is 1.67 bits per heavy atom. The van der Waals surface area contributed by atoms with Crippen molar-refractivity contribution in [1.29, 1.82) is 0 Å². The van der Waals surface area contributed by atoms with E-state index in [1.165, 1.54) is 4.57 Å². The van der Waals surface area contributed by atoms with Crippen molar-refractivity contribution >= 4 is 29.1 Å². The molecule has 2 aromatic heterocycles. The largest absolute Gasteiger partial charge is 0.481 e. The Morgan fingerprint density at radius 3 is 2.07 bits per heavy atom. The molecule has 0 amide bonds. The number of rotatable bonds is 6. The smallest absolute Gasteiger partial charge is 0.336 e. The number of aromatic amines is 1. The van der Waals surface area contributed by atoms with E-state index in [0.717, 1.165) is 0 Å². The number of imidazole rings is 1. The molecule has 0 bridgehead atoms. The highest BCUT2D eigenvalue weighted by atomic mass is 16.4. The number of fused-ring (bicyclic) bond motifs is 1. The number of hydrogen-bond donors (Lipinski definition) is 5. The van der Waals surface area contributed by atoms with Crippen LogP contribution in [0.25, 0.3) is 11.2 Å². The highest BCUT2D eigenvalue weighted by Gasteiger charge is 2.40. The standard InChI is InChI=1S/C8H10N4O2.C6H8O7/c1-3-12-4-9-6-5(12)7(13)10-8(14)11(6)2;7-3(8)1-6(13,5(11)12)2-4(9)10/h4H,3H2,1-2H3,(H,10,13,14);13H,1-2H2,(H,7,8)(H,9,10)(H,11,12). The average molecular weight is 386 g/mol. The van der Waals surface area contributed by atoms with Crippen LogP contribution in [-0.4, -0.2) is 63.0 Å². The van der Waals surface area contributed by atoms with Crippen LogP contribution in [0.5, 0.6) is 0 Å². The lowest BCUT2D eigenvalue weighted by Gasteiger charge is -2.18. The van der Waals surface area contributed by atoms with Crippen LogP contribution in [0.2, 0.25) is 0 Å². The number of nitrogens with one attached hydrogen (secondary N) is 1. The third-order valence-corrected chi connectivity index (χ3v) is 3.50. The normalized spacial score (nSPS) is 10.9. The van der Waals surface area contributed by atoms with Crippen molar-refractivity contribution in [2.24, 2.45) is 7.05 Å². The van der Waals surface area contributed by atoms with Gasteiger partial charge in [0.05, 0.1) is 19.2 Å². The third-order valence-electron chi connectivity index (χ3n) is 3.50. The van der Waals surface area contributed by atoms with E-state index in [0.29, 0.717) is 17.7 Å². The Kier molecular flexibility index (Phi) is 6.60. The summed E-state index contributed by atoms with van der Waals surface area (Å²) in [6.07, 6.45) is -0.734. The van der Waals surface area contributed by atoms with E-state index in [9.17, 15) is 24.0 Å². The van der Waals surface area contributed by atoms with E-state index in [4.69, 9.17) is 20.4 Å². The lowest BCUT2D eigenvalue weighted by molar-refractivity contribution is -0.170. The lowest BCUT2D eigenvalue weighted by atomic mass is 9.96. The Balaban J connectivity index is 0.000000271. The van der Waals surface area contributed by atoms with E-state index in [-0.39, 0.29) is 5.56 Å². The summed E-state index contributed by atoms with van der Waals surface area (Å²) < 4.78 is 3.02. The third kappa shape index (κ3) is 5.01. The van der Waals surface area contributed by atoms with Crippen LogP contribution >= 0.6 is 0 Å². The van der Waals surface area contributed by atoms with Crippen molar-refractivity contribution in [3.8, 4) is 0 Å². The molecule has 5 N–H and O–H groups in total. The van der Waals surface area contributed by atoms with Crippen LogP contribution in [0, 0.1) is 0 Å². The van der Waals surface area contributed by atoms with Crippen molar-refractivity contribution in [3.05, 3.63) is 27.2 Å². The van der Waals surface area contributed by atoms with Gasteiger partial charge in [-0.3, -0.25) is 23.9 Å². The van der Waals surface area contributed by atoms with Gasteiger partial charge in [-0.05, 0) is 6.92 Å². The minimum absolute atomic E-state index is 0.387. The number of hydrogen-bond acceptors (Lipinski definition) is 7. The van der Waals surface area contributed by atoms with Crippen molar-refractivity contribution in [1.82, 2.24) is 19.1 Å². The fourth-order valence-electron chi connectivity index (χ4n) is 2.14. The van der Waals surface area contributed by atoms with Gasteiger partial charge in [0.25, 0.3) is 5.56 Å². The summed E-state index contributed by atoms with van der Waals surface area (Å²) in [6.45, 7) is 2.56. The monoisotopic (exact) mass is 386 g/mol. The Bertz CT molecular complexity index is 969. The van der Waals surface area contributed by atoms with Gasteiger partial charge >= 0.3 is 23.6 Å². The fraction of sp³-hybridized carbons (Fsp3) is 0.429. The van der Waals surface area contributed by atoms with Gasteiger partial charge in [0.15, 0.2) is 16.8 Å². The quantitative estimate of drug-likeness (QED) is 0.376. The summed E-state index contributed by atoms with van der Waals surface area (Å²) in [5.41, 5.74) is -2.71. The molecule has 0 unspecified atom stereocenters. The highest BCUT2D eigenvalue weighted by Crippen LogP contribution is 2.15. The van der Waals surface area contributed by atoms with Crippen LogP contribution < -0.4 is 11.2 Å². The summed E-state index contributed by atoms with van der Waals surface area (Å²) in [7, 11) is 1.58. The second-order valence-corrected chi connectivity index (χ2v) is 5.50. The molecule has 2 aromatic rings. The van der Waals surface area contributed by atoms with Crippen LogP contribution in [0.1, 0.15) is 19.8 Å². The number of carbonyl (C=O) groups is 3. The summed E-state index contributed by atoms with van der Waals surface area (Å²) in [5.74, 6) is -5.02. The van der Waals surface area contributed by atoms with Gasteiger partial charge in [0.1, 0.15) is 0 Å². The minimum Gasteiger partial charge on any atom is -0.481 e. The molecule has 0 aromatic carbocycles. The van der Waals surface area contributed by atoms with Gasteiger partial charge < -0.3 is 25.0 Å². The number of carboxylic acid groups (broad SMARTS) is 3. The zero-order chi connectivity index (χ0) is 20.9. The molecular formula is C14H18N4O9. The number of aliphatic hydroxyl groups is 1. The zero-order valence-corrected chi connectivity index (χ0v) is 14.4. The van der Waals surface area contributed by atoms with Gasteiger partial charge in [-0.1, -0.05) is 0 Å². The first-order valence-electron chi connectivity index (χ1n) is 7.46. The van der Waals surface area contributed by atoms with Crippen LogP contribution in [0.4, 0.5) is 0 Å². The maximum Gasteiger partial charge on any atom is 0.336 e. The summed E-state index contributed by atoms with van der Waals surface area (Å²) in [6, 6.07) is 0. The van der Waals surface area contributed by atoms with E-state index in [2.05, 4.69) is 9.97 Å². The molecule has 0 aliphatic carbocycles. The van der Waals surface area contributed by atoms with Crippen molar-refractivity contribution < 1.29 is 34.8 Å². The number of aromatic nitrogens is 4. The molecule has 27 heavy (non-hydrogen) atoms. The first kappa shape index (κ1) is 21.6. The molecule has 0 atom stereocenters. The number of aryl methyl sites for hydroxylation is 2. The Morgan fingerprint density at radius 1 is 1.15 bits per heavy atom. The first-order valence-corrected chi connectivity index (χ1v) is 7.46. The number of aliphatic carboxylic acids is 3. The fourth-order valence-corrected chi connectivity index (χ4v) is 2.14. The van der Waals surface area contributed by atoms with Crippen molar-refractivity contribution in [2.45, 2.75) is 31.9 Å². The second-order valence-electron chi connectivity index (χ2n) is 5.50. The number of nitrogens with zero attached hydrogens (tertiary/aromatic N) is 3. The van der Waals surface area contributed by atoms with E-state index in [1.54, 1.807) is 17.9 Å². The summed E-state index contributed by atoms with van der Waals surface area (Å²) in [4.78, 5) is 59.4. The van der Waals surface area contributed by atoms with Gasteiger partial charge in [-0.15, -0.1) is 0 Å². The SMILES string of the molecule is CCn1cnc2c1c(=O)[nH]c(=O)n2C.O=C(O)CC(O)(CC(=O)O)C(=O)O. The molecule has 0 saturated carbocycles. The topological polar surface area (TPSA) is 205 Å². The molecular weight excluding hydrogens is 368 g/mol. The average Bonchev–Trinajstić information content (AvgIpc) is 2.96. The van der Waals surface area contributed by atoms with Crippen LogP contribution in [-0.2, 0) is 28.0 Å². The van der Waals surface area contributed by atoms with Crippen molar-refractivity contribution in [2.75, 3.05) is 0 Å². The molecule has 0 fully saturated rings. The van der Waals surface area contributed by atoms with E-state index in [1.807, 2.05) is 6.92 Å². The van der Waals surface area contributed by atoms with Gasteiger partial charge in [-0.2, -0.15) is 0 Å². The molecule has 2 rings (SSSR count). The second kappa shape index (κ2) is 8.27. The summed E-state index contributed by atoms with van der Waals surface area (Å²) in [5, 5.41) is 33.8.